The highest BCUT2D eigenvalue weighted by Crippen LogP contribution is 2.24. The topological polar surface area (TPSA) is 112 Å². The number of halogens is 2. The fraction of sp³-hybridized carbons (Fsp3) is 0.212. The molecular formula is C33H30ClFN4O4. The molecule has 3 atom stereocenters. The number of likely N-dealkylation sites (tertiary alicyclic amines) is 1. The van der Waals surface area contributed by atoms with Crippen LogP contribution < -0.4 is 10.6 Å². The average Bonchev–Trinajstić information content (AvgIpc) is 3.41. The molecule has 3 amide bonds. The molecule has 0 spiro atoms. The Balaban J connectivity index is 1.22. The number of aromatic nitrogens is 1. The summed E-state index contributed by atoms with van der Waals surface area (Å²) < 4.78 is 13.4. The zero-order chi connectivity index (χ0) is 30.5. The highest BCUT2D eigenvalue weighted by Gasteiger charge is 2.39. The highest BCUT2D eigenvalue weighted by atomic mass is 35.5. The Kier molecular flexibility index (Phi) is 9.13. The summed E-state index contributed by atoms with van der Waals surface area (Å²) in [6.45, 7) is 1.45. The molecule has 0 radical (unpaired) electrons. The van der Waals surface area contributed by atoms with Gasteiger partial charge in [-0.2, -0.15) is 0 Å². The van der Waals surface area contributed by atoms with Crippen LogP contribution in [-0.2, 0) is 9.59 Å². The van der Waals surface area contributed by atoms with Crippen LogP contribution in [0.2, 0.25) is 5.02 Å². The Hall–Kier alpha value is -4.60. The number of benzene rings is 3. The van der Waals surface area contributed by atoms with Gasteiger partial charge in [-0.3, -0.25) is 14.4 Å². The number of pyridine rings is 1. The molecule has 43 heavy (non-hydrogen) atoms. The van der Waals surface area contributed by atoms with E-state index in [0.717, 1.165) is 16.7 Å². The maximum Gasteiger partial charge on any atom is 0.270 e. The lowest BCUT2D eigenvalue weighted by atomic mass is 10.00. The van der Waals surface area contributed by atoms with E-state index in [1.807, 2.05) is 67.6 Å². The molecule has 1 aliphatic rings. The summed E-state index contributed by atoms with van der Waals surface area (Å²) in [6, 6.07) is 20.9. The van der Waals surface area contributed by atoms with Crippen LogP contribution in [0.5, 0.6) is 0 Å². The Labute approximate surface area is 253 Å². The number of nitrogens with one attached hydrogen (secondary N) is 2. The molecule has 1 saturated heterocycles. The van der Waals surface area contributed by atoms with Gasteiger partial charge in [0.1, 0.15) is 17.6 Å². The predicted molar refractivity (Wildman–Crippen MR) is 164 cm³/mol. The molecule has 1 aromatic heterocycles. The lowest BCUT2D eigenvalue weighted by Gasteiger charge is -2.26. The maximum atomic E-state index is 13.4. The number of hydrogen-bond acceptors (Lipinski definition) is 5. The number of β-amino-alcohol motifs (C(OH)–C–C–N with tert-alkyl or cyclic N) is 1. The van der Waals surface area contributed by atoms with Crippen molar-refractivity contribution < 1.29 is 23.9 Å². The number of rotatable bonds is 8. The van der Waals surface area contributed by atoms with Gasteiger partial charge in [-0.05, 0) is 60.0 Å². The van der Waals surface area contributed by atoms with E-state index in [-0.39, 0.29) is 31.2 Å². The van der Waals surface area contributed by atoms with Gasteiger partial charge < -0.3 is 20.6 Å². The molecular weight excluding hydrogens is 571 g/mol. The van der Waals surface area contributed by atoms with E-state index in [9.17, 15) is 23.9 Å². The van der Waals surface area contributed by atoms with Crippen LogP contribution in [0, 0.1) is 5.82 Å². The molecule has 3 aromatic carbocycles. The minimum absolute atomic E-state index is 0.0264. The van der Waals surface area contributed by atoms with Crippen molar-refractivity contribution in [2.75, 3.05) is 13.1 Å². The summed E-state index contributed by atoms with van der Waals surface area (Å²) in [5.74, 6) is -1.90. The van der Waals surface area contributed by atoms with Crippen molar-refractivity contribution in [2.24, 2.45) is 0 Å². The number of carbonyl (C=O) groups is 3. The second-order valence-electron chi connectivity index (χ2n) is 10.4. The molecule has 4 aromatic rings. The van der Waals surface area contributed by atoms with Crippen LogP contribution >= 0.6 is 11.6 Å². The Morgan fingerprint density at radius 2 is 1.84 bits per heavy atom. The van der Waals surface area contributed by atoms with Crippen LogP contribution in [0.25, 0.3) is 23.1 Å². The summed E-state index contributed by atoms with van der Waals surface area (Å²) in [7, 11) is 0. The lowest BCUT2D eigenvalue weighted by Crippen LogP contribution is -2.49. The molecule has 0 bridgehead atoms. The summed E-state index contributed by atoms with van der Waals surface area (Å²) in [5.41, 5.74) is 3.29. The zero-order valence-electron chi connectivity index (χ0n) is 23.3. The van der Waals surface area contributed by atoms with Crippen LogP contribution in [-0.4, -0.2) is 57.9 Å². The fourth-order valence-corrected chi connectivity index (χ4v) is 5.24. The van der Waals surface area contributed by atoms with Gasteiger partial charge in [-0.15, -0.1) is 0 Å². The average molecular weight is 601 g/mol. The normalized spacial score (nSPS) is 17.3. The Bertz CT molecular complexity index is 1690. The minimum Gasteiger partial charge on any atom is -0.391 e. The first-order valence-corrected chi connectivity index (χ1v) is 14.2. The third-order valence-electron chi connectivity index (χ3n) is 7.33. The Morgan fingerprint density at radius 1 is 1.07 bits per heavy atom. The third-order valence-corrected chi connectivity index (χ3v) is 7.58. The Morgan fingerprint density at radius 3 is 2.63 bits per heavy atom. The van der Waals surface area contributed by atoms with Gasteiger partial charge in [0.2, 0.25) is 11.8 Å². The van der Waals surface area contributed by atoms with Gasteiger partial charge in [0.25, 0.3) is 5.91 Å². The van der Waals surface area contributed by atoms with E-state index in [2.05, 4.69) is 15.6 Å². The number of nitrogens with zero attached hydrogens (tertiary/aromatic N) is 2. The van der Waals surface area contributed by atoms with Crippen molar-refractivity contribution in [3.05, 3.63) is 112 Å². The van der Waals surface area contributed by atoms with E-state index in [1.165, 1.54) is 29.2 Å². The maximum absolute atomic E-state index is 13.4. The summed E-state index contributed by atoms with van der Waals surface area (Å²) >= 11 is 5.98. The summed E-state index contributed by atoms with van der Waals surface area (Å²) in [6.07, 6.45) is 3.13. The zero-order valence-corrected chi connectivity index (χ0v) is 24.1. The second kappa shape index (κ2) is 13.1. The van der Waals surface area contributed by atoms with E-state index in [4.69, 9.17) is 11.6 Å². The molecule has 0 aliphatic carbocycles. The molecule has 10 heteroatoms. The number of amides is 3. The molecule has 1 aliphatic heterocycles. The smallest absolute Gasteiger partial charge is 0.270 e. The van der Waals surface area contributed by atoms with Gasteiger partial charge in [0.05, 0.1) is 24.2 Å². The van der Waals surface area contributed by atoms with Gasteiger partial charge in [-0.1, -0.05) is 66.2 Å². The van der Waals surface area contributed by atoms with Crippen molar-refractivity contribution in [3.63, 3.8) is 0 Å². The number of hydrogen-bond donors (Lipinski definition) is 3. The lowest BCUT2D eigenvalue weighted by molar-refractivity contribution is -0.138. The minimum atomic E-state index is -0.896. The number of aliphatic hydroxyl groups is 1. The van der Waals surface area contributed by atoms with Crippen molar-refractivity contribution in [1.82, 2.24) is 20.5 Å². The quantitative estimate of drug-likeness (QED) is 0.252. The first kappa shape index (κ1) is 29.9. The number of fused-ring (bicyclic) bond motifs is 1. The van der Waals surface area contributed by atoms with Crippen LogP contribution in [0.3, 0.4) is 0 Å². The molecule has 3 N–H and O–H groups in total. The molecule has 0 saturated carbocycles. The van der Waals surface area contributed by atoms with Gasteiger partial charge in [-0.25, -0.2) is 9.37 Å². The molecule has 0 unspecified atom stereocenters. The van der Waals surface area contributed by atoms with Crippen LogP contribution in [0.4, 0.5) is 4.39 Å². The predicted octanol–water partition coefficient (Wildman–Crippen LogP) is 4.77. The largest absolute Gasteiger partial charge is 0.391 e. The monoisotopic (exact) mass is 600 g/mol. The van der Waals surface area contributed by atoms with E-state index in [0.29, 0.717) is 15.9 Å². The van der Waals surface area contributed by atoms with E-state index < -0.39 is 35.7 Å². The molecule has 5 rings (SSSR count). The van der Waals surface area contributed by atoms with Crippen molar-refractivity contribution in [3.8, 4) is 0 Å². The molecule has 8 nitrogen and oxygen atoms in total. The second-order valence-corrected chi connectivity index (χ2v) is 10.8. The molecule has 2 heterocycles. The third kappa shape index (κ3) is 7.25. The molecule has 220 valence electrons. The van der Waals surface area contributed by atoms with Crippen molar-refractivity contribution in [1.29, 1.82) is 0 Å². The summed E-state index contributed by atoms with van der Waals surface area (Å²) in [5, 5.41) is 17.0. The van der Waals surface area contributed by atoms with Crippen molar-refractivity contribution >= 4 is 52.4 Å². The number of carbonyl (C=O) groups excluding carboxylic acids is 3. The first-order valence-electron chi connectivity index (χ1n) is 13.8. The highest BCUT2D eigenvalue weighted by molar-refractivity contribution is 6.30. The van der Waals surface area contributed by atoms with Gasteiger partial charge >= 0.3 is 0 Å². The van der Waals surface area contributed by atoms with Crippen LogP contribution in [0.1, 0.15) is 46.6 Å². The van der Waals surface area contributed by atoms with Crippen LogP contribution in [0.15, 0.2) is 78.9 Å². The van der Waals surface area contributed by atoms with Gasteiger partial charge in [0.15, 0.2) is 0 Å². The standard InChI is InChI=1S/C33H30ClFN4O4/c1-20(27-5-3-2-4-22(27)9-6-21-7-11-24(34)12-8-21)37-33(43)30-17-26(40)19-39(30)31(41)18-36-32(42)29-14-10-23-16-25(35)13-15-28(23)38-29/h2-16,20,26,30,40H,17-19H2,1H3,(H,36,42)(H,37,43)/b9-6+/t20-,26+,30-/m0/s1. The van der Waals surface area contributed by atoms with E-state index in [1.54, 1.807) is 6.07 Å². The first-order chi connectivity index (χ1) is 20.7. The van der Waals surface area contributed by atoms with Crippen molar-refractivity contribution in [2.45, 2.75) is 31.5 Å². The number of aliphatic hydroxyl groups excluding tert-OH is 1. The fourth-order valence-electron chi connectivity index (χ4n) is 5.11. The molecule has 1 fully saturated rings. The summed E-state index contributed by atoms with van der Waals surface area (Å²) in [4.78, 5) is 44.6. The van der Waals surface area contributed by atoms with E-state index >= 15 is 0 Å². The SMILES string of the molecule is C[C@H](NC(=O)[C@@H]1C[C@@H](O)CN1C(=O)CNC(=O)c1ccc2cc(F)ccc2n1)c1ccccc1/C=C/c1ccc(Cl)cc1. The van der Waals surface area contributed by atoms with Gasteiger partial charge in [0, 0.05) is 23.4 Å².